The van der Waals surface area contributed by atoms with Crippen LogP contribution in [-0.2, 0) is 6.42 Å². The highest BCUT2D eigenvalue weighted by atomic mass is 19.1. The van der Waals surface area contributed by atoms with Gasteiger partial charge in [0.05, 0.1) is 0 Å². The van der Waals surface area contributed by atoms with Crippen LogP contribution in [0.4, 0.5) is 8.78 Å². The van der Waals surface area contributed by atoms with Crippen molar-refractivity contribution in [3.63, 3.8) is 0 Å². The van der Waals surface area contributed by atoms with Crippen molar-refractivity contribution < 1.29 is 8.78 Å². The van der Waals surface area contributed by atoms with Crippen LogP contribution in [0.5, 0.6) is 0 Å². The van der Waals surface area contributed by atoms with E-state index >= 15 is 0 Å². The lowest BCUT2D eigenvalue weighted by atomic mass is 10.1. The number of benzene rings is 1. The van der Waals surface area contributed by atoms with Crippen molar-refractivity contribution in [1.82, 2.24) is 0 Å². The van der Waals surface area contributed by atoms with Crippen LogP contribution in [0, 0.1) is 18.6 Å². The number of aryl methyl sites for hydroxylation is 1. The van der Waals surface area contributed by atoms with E-state index in [1.807, 2.05) is 0 Å². The van der Waals surface area contributed by atoms with Gasteiger partial charge in [0.15, 0.2) is 0 Å². The van der Waals surface area contributed by atoms with Crippen LogP contribution in [0.15, 0.2) is 24.8 Å². The molecule has 0 aliphatic heterocycles. The molecule has 0 fully saturated rings. The first kappa shape index (κ1) is 8.91. The molecule has 1 rings (SSSR count). The number of hydrogen-bond acceptors (Lipinski definition) is 0. The monoisotopic (exact) mass is 168 g/mol. The van der Waals surface area contributed by atoms with E-state index in [9.17, 15) is 8.78 Å². The van der Waals surface area contributed by atoms with Gasteiger partial charge in [-0.3, -0.25) is 0 Å². The van der Waals surface area contributed by atoms with Crippen molar-refractivity contribution in [2.24, 2.45) is 0 Å². The molecule has 0 saturated carbocycles. The molecule has 0 unspecified atom stereocenters. The van der Waals surface area contributed by atoms with Crippen molar-refractivity contribution in [2.75, 3.05) is 0 Å². The maximum atomic E-state index is 13.0. The minimum absolute atomic E-state index is 0.334. The summed E-state index contributed by atoms with van der Waals surface area (Å²) >= 11 is 0. The summed E-state index contributed by atoms with van der Waals surface area (Å²) in [5, 5.41) is 0. The summed E-state index contributed by atoms with van der Waals surface area (Å²) in [6, 6.07) is 2.42. The third-order valence-electron chi connectivity index (χ3n) is 1.69. The fourth-order valence-electron chi connectivity index (χ4n) is 0.999. The Morgan fingerprint density at radius 2 is 2.00 bits per heavy atom. The van der Waals surface area contributed by atoms with E-state index in [2.05, 4.69) is 6.58 Å². The average Bonchev–Trinajstić information content (AvgIpc) is 2.01. The summed E-state index contributed by atoms with van der Waals surface area (Å²) in [6.45, 7) is 5.00. The van der Waals surface area contributed by atoms with Crippen LogP contribution < -0.4 is 0 Å². The third kappa shape index (κ3) is 1.70. The van der Waals surface area contributed by atoms with Gasteiger partial charge in [0.2, 0.25) is 0 Å². The Kier molecular flexibility index (Phi) is 2.58. The van der Waals surface area contributed by atoms with Crippen LogP contribution in [0.1, 0.15) is 11.1 Å². The zero-order valence-corrected chi connectivity index (χ0v) is 6.90. The quantitative estimate of drug-likeness (QED) is 0.595. The summed E-state index contributed by atoms with van der Waals surface area (Å²) in [7, 11) is 0. The van der Waals surface area contributed by atoms with Gasteiger partial charge in [-0.05, 0) is 36.6 Å². The zero-order valence-electron chi connectivity index (χ0n) is 6.90. The second-order valence-electron chi connectivity index (χ2n) is 2.69. The van der Waals surface area contributed by atoms with Crippen molar-refractivity contribution in [3.05, 3.63) is 47.5 Å². The van der Waals surface area contributed by atoms with Gasteiger partial charge in [-0.1, -0.05) is 6.08 Å². The largest absolute Gasteiger partial charge is 0.207 e. The van der Waals surface area contributed by atoms with E-state index in [0.29, 0.717) is 17.5 Å². The Morgan fingerprint density at radius 1 is 1.33 bits per heavy atom. The predicted octanol–water partition coefficient (Wildman–Crippen LogP) is 3.00. The van der Waals surface area contributed by atoms with E-state index in [1.54, 1.807) is 6.08 Å². The lowest BCUT2D eigenvalue weighted by Gasteiger charge is -2.01. The Morgan fingerprint density at radius 3 is 2.58 bits per heavy atom. The fourth-order valence-corrected chi connectivity index (χ4v) is 0.999. The summed E-state index contributed by atoms with van der Waals surface area (Å²) in [4.78, 5) is 0. The zero-order chi connectivity index (χ0) is 9.14. The number of halogens is 2. The van der Waals surface area contributed by atoms with Gasteiger partial charge in [-0.15, -0.1) is 6.58 Å². The molecule has 12 heavy (non-hydrogen) atoms. The topological polar surface area (TPSA) is 0 Å². The van der Waals surface area contributed by atoms with Gasteiger partial charge in [0.1, 0.15) is 11.6 Å². The molecule has 0 aliphatic rings. The molecule has 0 nitrogen and oxygen atoms in total. The molecule has 0 aromatic heterocycles. The van der Waals surface area contributed by atoms with Gasteiger partial charge < -0.3 is 0 Å². The van der Waals surface area contributed by atoms with E-state index in [1.165, 1.54) is 19.1 Å². The van der Waals surface area contributed by atoms with Crippen molar-refractivity contribution >= 4 is 0 Å². The minimum Gasteiger partial charge on any atom is -0.207 e. The highest BCUT2D eigenvalue weighted by Gasteiger charge is 2.04. The van der Waals surface area contributed by atoms with Crippen molar-refractivity contribution in [3.8, 4) is 0 Å². The third-order valence-corrected chi connectivity index (χ3v) is 1.69. The van der Waals surface area contributed by atoms with Gasteiger partial charge in [-0.2, -0.15) is 0 Å². The summed E-state index contributed by atoms with van der Waals surface area (Å²) in [5.74, 6) is -0.734. The highest BCUT2D eigenvalue weighted by molar-refractivity contribution is 5.26. The smallest absolute Gasteiger partial charge is 0.127 e. The maximum Gasteiger partial charge on any atom is 0.127 e. The van der Waals surface area contributed by atoms with E-state index in [0.717, 1.165) is 0 Å². The van der Waals surface area contributed by atoms with Crippen molar-refractivity contribution in [2.45, 2.75) is 13.3 Å². The predicted molar refractivity (Wildman–Crippen MR) is 45.0 cm³/mol. The van der Waals surface area contributed by atoms with Crippen LogP contribution in [-0.4, -0.2) is 0 Å². The standard InChI is InChI=1S/C10H10F2/c1-3-4-8-6-9(11)7(2)5-10(8)12/h3,5-6H,1,4H2,2H3. The molecule has 0 spiro atoms. The van der Waals surface area contributed by atoms with E-state index < -0.39 is 0 Å². The molecule has 0 aliphatic carbocycles. The van der Waals surface area contributed by atoms with E-state index in [4.69, 9.17) is 0 Å². The maximum absolute atomic E-state index is 13.0. The van der Waals surface area contributed by atoms with Crippen LogP contribution in [0.25, 0.3) is 0 Å². The molecule has 0 bridgehead atoms. The lowest BCUT2D eigenvalue weighted by molar-refractivity contribution is 0.582. The van der Waals surface area contributed by atoms with Crippen LogP contribution in [0.3, 0.4) is 0 Å². The molecule has 0 heterocycles. The van der Waals surface area contributed by atoms with Gasteiger partial charge in [0.25, 0.3) is 0 Å². The number of allylic oxidation sites excluding steroid dienone is 1. The second-order valence-corrected chi connectivity index (χ2v) is 2.69. The Balaban J connectivity index is 3.13. The molecule has 0 radical (unpaired) electrons. The molecule has 0 atom stereocenters. The molecular weight excluding hydrogens is 158 g/mol. The molecule has 2 heteroatoms. The SMILES string of the molecule is C=CCc1cc(F)c(C)cc1F. The second kappa shape index (κ2) is 3.48. The van der Waals surface area contributed by atoms with Crippen molar-refractivity contribution in [1.29, 1.82) is 0 Å². The van der Waals surface area contributed by atoms with Gasteiger partial charge >= 0.3 is 0 Å². The van der Waals surface area contributed by atoms with Gasteiger partial charge in [0, 0.05) is 0 Å². The van der Waals surface area contributed by atoms with Crippen LogP contribution >= 0.6 is 0 Å². The number of rotatable bonds is 2. The molecule has 1 aromatic carbocycles. The first-order chi connectivity index (χ1) is 5.65. The molecule has 0 N–H and O–H groups in total. The Bertz CT molecular complexity index is 303. The Labute approximate surface area is 70.5 Å². The molecule has 0 amide bonds. The molecule has 64 valence electrons. The van der Waals surface area contributed by atoms with E-state index in [-0.39, 0.29) is 11.6 Å². The normalized spacial score (nSPS) is 9.92. The lowest BCUT2D eigenvalue weighted by Crippen LogP contribution is -1.92. The first-order valence-electron chi connectivity index (χ1n) is 3.70. The minimum atomic E-state index is -0.367. The highest BCUT2D eigenvalue weighted by Crippen LogP contribution is 2.14. The Hall–Kier alpha value is -1.18. The average molecular weight is 168 g/mol. The molecule has 1 aromatic rings. The molecule has 0 saturated heterocycles. The summed E-state index contributed by atoms with van der Waals surface area (Å²) < 4.78 is 25.9. The summed E-state index contributed by atoms with van der Waals surface area (Å²) in [6.07, 6.45) is 1.91. The first-order valence-corrected chi connectivity index (χ1v) is 3.70. The van der Waals surface area contributed by atoms with Crippen LogP contribution in [0.2, 0.25) is 0 Å². The fraction of sp³-hybridized carbons (Fsp3) is 0.200. The number of hydrogen-bond donors (Lipinski definition) is 0. The molecular formula is C10H10F2. The summed E-state index contributed by atoms with van der Waals surface area (Å²) in [5.41, 5.74) is 0.688. The van der Waals surface area contributed by atoms with Gasteiger partial charge in [-0.25, -0.2) is 8.78 Å².